The first-order valence-corrected chi connectivity index (χ1v) is 5.42. The Bertz CT molecular complexity index is 255. The molecule has 1 atom stereocenters. The van der Waals surface area contributed by atoms with Gasteiger partial charge in [0.1, 0.15) is 0 Å². The molecule has 0 fully saturated rings. The third-order valence-electron chi connectivity index (χ3n) is 2.28. The molecule has 1 aromatic rings. The molecule has 0 radical (unpaired) electrons. The zero-order chi connectivity index (χ0) is 10.4. The molecule has 0 aliphatic rings. The van der Waals surface area contributed by atoms with E-state index >= 15 is 0 Å². The molecule has 0 spiro atoms. The van der Waals surface area contributed by atoms with E-state index in [1.54, 1.807) is 0 Å². The summed E-state index contributed by atoms with van der Waals surface area (Å²) >= 11 is 0. The Kier molecular flexibility index (Phi) is 4.66. The van der Waals surface area contributed by atoms with Crippen molar-refractivity contribution in [3.05, 3.63) is 18.0 Å². The number of aryl methyl sites for hydroxylation is 1. The van der Waals surface area contributed by atoms with E-state index in [2.05, 4.69) is 30.5 Å². The van der Waals surface area contributed by atoms with Crippen molar-refractivity contribution < 1.29 is 0 Å². The fraction of sp³-hybridized carbons (Fsp3) is 0.727. The lowest BCUT2D eigenvalue weighted by atomic mass is 10.0. The highest BCUT2D eigenvalue weighted by molar-refractivity contribution is 5.04. The van der Waals surface area contributed by atoms with Gasteiger partial charge in [0.25, 0.3) is 0 Å². The van der Waals surface area contributed by atoms with Gasteiger partial charge >= 0.3 is 0 Å². The Morgan fingerprint density at radius 1 is 1.57 bits per heavy atom. The normalized spacial score (nSPS) is 13.1. The number of rotatable bonds is 6. The molecule has 1 aromatic heterocycles. The number of hydrogen-bond donors (Lipinski definition) is 1. The zero-order valence-electron chi connectivity index (χ0n) is 9.45. The van der Waals surface area contributed by atoms with Gasteiger partial charge in [-0.1, -0.05) is 13.8 Å². The third-order valence-corrected chi connectivity index (χ3v) is 2.28. The molecule has 14 heavy (non-hydrogen) atoms. The minimum atomic E-state index is 0.680. The molecular weight excluding hydrogens is 174 g/mol. The van der Waals surface area contributed by atoms with Gasteiger partial charge in [0.15, 0.2) is 0 Å². The van der Waals surface area contributed by atoms with Gasteiger partial charge in [-0.05, 0) is 37.9 Å². The van der Waals surface area contributed by atoms with Crippen molar-refractivity contribution in [1.29, 1.82) is 0 Å². The molecule has 3 nitrogen and oxygen atoms in total. The second kappa shape index (κ2) is 5.81. The molecule has 80 valence electrons. The van der Waals surface area contributed by atoms with Crippen LogP contribution in [0.25, 0.3) is 0 Å². The van der Waals surface area contributed by atoms with E-state index in [4.69, 9.17) is 0 Å². The van der Waals surface area contributed by atoms with Gasteiger partial charge < -0.3 is 5.32 Å². The number of nitrogens with one attached hydrogen (secondary N) is 1. The lowest BCUT2D eigenvalue weighted by Crippen LogP contribution is -2.17. The maximum atomic E-state index is 4.32. The highest BCUT2D eigenvalue weighted by atomic mass is 15.3. The van der Waals surface area contributed by atoms with Crippen LogP contribution in [0.1, 0.15) is 25.8 Å². The Hall–Kier alpha value is -0.830. The second-order valence-corrected chi connectivity index (χ2v) is 3.98. The summed E-state index contributed by atoms with van der Waals surface area (Å²) in [5.41, 5.74) is 1.35. The molecule has 3 heteroatoms. The summed E-state index contributed by atoms with van der Waals surface area (Å²) in [4.78, 5) is 0. The first-order chi connectivity index (χ1) is 6.76. The first kappa shape index (κ1) is 11.2. The largest absolute Gasteiger partial charge is 0.319 e. The van der Waals surface area contributed by atoms with Crippen LogP contribution < -0.4 is 5.32 Å². The predicted molar refractivity (Wildman–Crippen MR) is 59.3 cm³/mol. The van der Waals surface area contributed by atoms with Gasteiger partial charge in [-0.25, -0.2) is 0 Å². The van der Waals surface area contributed by atoms with Crippen molar-refractivity contribution in [3.8, 4) is 0 Å². The lowest BCUT2D eigenvalue weighted by molar-refractivity contribution is 0.540. The van der Waals surface area contributed by atoms with Gasteiger partial charge in [0.2, 0.25) is 0 Å². The molecule has 1 rings (SSSR count). The predicted octanol–water partition coefficient (Wildman–Crippen LogP) is 1.69. The molecular formula is C11H21N3. The van der Waals surface area contributed by atoms with Crippen LogP contribution >= 0.6 is 0 Å². The van der Waals surface area contributed by atoms with Crippen molar-refractivity contribution in [3.63, 3.8) is 0 Å². The van der Waals surface area contributed by atoms with Crippen molar-refractivity contribution in [2.75, 3.05) is 13.6 Å². The summed E-state index contributed by atoms with van der Waals surface area (Å²) in [5.74, 6) is 0.680. The van der Waals surface area contributed by atoms with Crippen molar-refractivity contribution in [2.45, 2.75) is 33.2 Å². The topological polar surface area (TPSA) is 29.9 Å². The molecule has 1 N–H and O–H groups in total. The molecule has 1 unspecified atom stereocenters. The van der Waals surface area contributed by atoms with Crippen LogP contribution in [0.2, 0.25) is 0 Å². The van der Waals surface area contributed by atoms with Gasteiger partial charge in [-0.15, -0.1) is 0 Å². The number of nitrogens with zero attached hydrogens (tertiary/aromatic N) is 2. The van der Waals surface area contributed by atoms with Gasteiger partial charge in [-0.2, -0.15) is 5.10 Å². The van der Waals surface area contributed by atoms with Crippen molar-refractivity contribution in [2.24, 2.45) is 5.92 Å². The fourth-order valence-corrected chi connectivity index (χ4v) is 1.69. The van der Waals surface area contributed by atoms with E-state index in [0.29, 0.717) is 5.92 Å². The third kappa shape index (κ3) is 3.50. The molecule has 0 aromatic carbocycles. The van der Waals surface area contributed by atoms with Crippen LogP contribution in [0.5, 0.6) is 0 Å². The van der Waals surface area contributed by atoms with Crippen LogP contribution in [0.15, 0.2) is 12.4 Å². The van der Waals surface area contributed by atoms with E-state index in [9.17, 15) is 0 Å². The quantitative estimate of drug-likeness (QED) is 0.748. The van der Waals surface area contributed by atoms with Crippen LogP contribution in [0.4, 0.5) is 0 Å². The van der Waals surface area contributed by atoms with Gasteiger partial charge in [-0.3, -0.25) is 4.68 Å². The molecule has 0 saturated carbocycles. The zero-order valence-corrected chi connectivity index (χ0v) is 9.45. The highest BCUT2D eigenvalue weighted by Crippen LogP contribution is 2.06. The van der Waals surface area contributed by atoms with Crippen LogP contribution in [-0.2, 0) is 13.0 Å². The summed E-state index contributed by atoms with van der Waals surface area (Å²) in [5, 5.41) is 7.51. The standard InChI is InChI=1S/C11H21N3/c1-4-5-14-9-11(8-13-14)6-10(2)7-12-3/h8-10,12H,4-7H2,1-3H3. The number of hydrogen-bond acceptors (Lipinski definition) is 2. The fourth-order valence-electron chi connectivity index (χ4n) is 1.69. The van der Waals surface area contributed by atoms with E-state index in [-0.39, 0.29) is 0 Å². The van der Waals surface area contributed by atoms with E-state index in [1.807, 2.05) is 17.9 Å². The van der Waals surface area contributed by atoms with Crippen LogP contribution in [0.3, 0.4) is 0 Å². The Labute approximate surface area is 86.5 Å². The van der Waals surface area contributed by atoms with Gasteiger partial charge in [0, 0.05) is 12.7 Å². The smallest absolute Gasteiger partial charge is 0.0521 e. The average Bonchev–Trinajstić information content (AvgIpc) is 2.53. The summed E-state index contributed by atoms with van der Waals surface area (Å²) < 4.78 is 2.03. The van der Waals surface area contributed by atoms with E-state index in [1.165, 1.54) is 5.56 Å². The molecule has 0 amide bonds. The summed E-state index contributed by atoms with van der Waals surface area (Å²) in [7, 11) is 2.00. The minimum absolute atomic E-state index is 0.680. The average molecular weight is 195 g/mol. The monoisotopic (exact) mass is 195 g/mol. The number of aromatic nitrogens is 2. The summed E-state index contributed by atoms with van der Waals surface area (Å²) in [6.45, 7) is 6.53. The SMILES string of the molecule is CCCn1cc(CC(C)CNC)cn1. The van der Waals surface area contributed by atoms with E-state index in [0.717, 1.165) is 25.9 Å². The lowest BCUT2D eigenvalue weighted by Gasteiger charge is -2.07. The molecule has 0 bridgehead atoms. The van der Waals surface area contributed by atoms with Crippen molar-refractivity contribution >= 4 is 0 Å². The highest BCUT2D eigenvalue weighted by Gasteiger charge is 2.04. The summed E-state index contributed by atoms with van der Waals surface area (Å²) in [6.07, 6.45) is 6.41. The van der Waals surface area contributed by atoms with E-state index < -0.39 is 0 Å². The molecule has 0 aliphatic carbocycles. The van der Waals surface area contributed by atoms with Crippen molar-refractivity contribution in [1.82, 2.24) is 15.1 Å². The molecule has 0 saturated heterocycles. The summed E-state index contributed by atoms with van der Waals surface area (Å²) in [6, 6.07) is 0. The Morgan fingerprint density at radius 2 is 2.36 bits per heavy atom. The maximum absolute atomic E-state index is 4.32. The Balaban J connectivity index is 2.42. The minimum Gasteiger partial charge on any atom is -0.319 e. The second-order valence-electron chi connectivity index (χ2n) is 3.98. The maximum Gasteiger partial charge on any atom is 0.0521 e. The molecule has 0 aliphatic heterocycles. The Morgan fingerprint density at radius 3 is 3.00 bits per heavy atom. The van der Waals surface area contributed by atoms with Crippen LogP contribution in [0, 0.1) is 5.92 Å². The van der Waals surface area contributed by atoms with Gasteiger partial charge in [0.05, 0.1) is 6.20 Å². The first-order valence-electron chi connectivity index (χ1n) is 5.42. The van der Waals surface area contributed by atoms with Crippen LogP contribution in [-0.4, -0.2) is 23.4 Å². The molecule has 1 heterocycles.